The minimum absolute atomic E-state index is 0.0524. The SMILES string of the molecule is COc1cc(C)c(S(=O)(=O)NC(C)C23CC4CC(CC(C4)C2)C3)cc1OC. The molecule has 0 saturated heterocycles. The maximum atomic E-state index is 13.2. The predicted octanol–water partition coefficient (Wildman–Crippen LogP) is 3.90. The molecule has 4 aliphatic rings. The highest BCUT2D eigenvalue weighted by atomic mass is 32.2. The van der Waals surface area contributed by atoms with Gasteiger partial charge in [-0.1, -0.05) is 0 Å². The lowest BCUT2D eigenvalue weighted by Crippen LogP contribution is -2.55. The van der Waals surface area contributed by atoms with Gasteiger partial charge in [0, 0.05) is 12.1 Å². The first-order chi connectivity index (χ1) is 12.8. The molecular weight excluding hydrogens is 362 g/mol. The number of nitrogens with one attached hydrogen (secondary N) is 1. The summed E-state index contributed by atoms with van der Waals surface area (Å²) in [6, 6.07) is 3.24. The highest BCUT2D eigenvalue weighted by Crippen LogP contribution is 2.61. The Balaban J connectivity index is 1.60. The lowest BCUT2D eigenvalue weighted by atomic mass is 9.48. The lowest BCUT2D eigenvalue weighted by Gasteiger charge is -2.59. The topological polar surface area (TPSA) is 64.6 Å². The fraction of sp³-hybridized carbons (Fsp3) is 0.714. The smallest absolute Gasteiger partial charge is 0.241 e. The lowest BCUT2D eigenvalue weighted by molar-refractivity contribution is -0.0666. The number of benzene rings is 1. The van der Waals surface area contributed by atoms with Gasteiger partial charge in [0.2, 0.25) is 10.0 Å². The van der Waals surface area contributed by atoms with Crippen molar-refractivity contribution in [3.63, 3.8) is 0 Å². The molecule has 5 nitrogen and oxygen atoms in total. The second-order valence-electron chi connectivity index (χ2n) is 9.10. The van der Waals surface area contributed by atoms with Crippen molar-refractivity contribution in [1.82, 2.24) is 4.72 Å². The van der Waals surface area contributed by atoms with Crippen LogP contribution in [0.25, 0.3) is 0 Å². The van der Waals surface area contributed by atoms with Crippen LogP contribution in [0.1, 0.15) is 51.0 Å². The maximum absolute atomic E-state index is 13.2. The Hall–Kier alpha value is -1.27. The number of hydrogen-bond donors (Lipinski definition) is 1. The van der Waals surface area contributed by atoms with E-state index in [4.69, 9.17) is 9.47 Å². The molecule has 150 valence electrons. The van der Waals surface area contributed by atoms with Gasteiger partial charge in [0.25, 0.3) is 0 Å². The molecule has 4 bridgehead atoms. The van der Waals surface area contributed by atoms with Crippen LogP contribution in [0.2, 0.25) is 0 Å². The molecule has 4 fully saturated rings. The second-order valence-corrected chi connectivity index (χ2v) is 10.8. The van der Waals surface area contributed by atoms with Crippen molar-refractivity contribution < 1.29 is 17.9 Å². The normalized spacial score (nSPS) is 33.1. The Morgan fingerprint density at radius 3 is 1.96 bits per heavy atom. The van der Waals surface area contributed by atoms with Crippen molar-refractivity contribution in [2.45, 2.75) is 63.3 Å². The van der Waals surface area contributed by atoms with E-state index in [-0.39, 0.29) is 16.4 Å². The van der Waals surface area contributed by atoms with E-state index in [2.05, 4.69) is 11.6 Å². The number of methoxy groups -OCH3 is 2. The predicted molar refractivity (Wildman–Crippen MR) is 105 cm³/mol. The highest BCUT2D eigenvalue weighted by molar-refractivity contribution is 7.89. The molecular formula is C21H31NO4S. The van der Waals surface area contributed by atoms with E-state index < -0.39 is 10.0 Å². The van der Waals surface area contributed by atoms with Gasteiger partial charge in [0.05, 0.1) is 19.1 Å². The summed E-state index contributed by atoms with van der Waals surface area (Å²) in [5, 5.41) is 0. The largest absolute Gasteiger partial charge is 0.493 e. The molecule has 4 saturated carbocycles. The van der Waals surface area contributed by atoms with Gasteiger partial charge in [0.1, 0.15) is 0 Å². The summed E-state index contributed by atoms with van der Waals surface area (Å²) >= 11 is 0. The van der Waals surface area contributed by atoms with Gasteiger partial charge >= 0.3 is 0 Å². The van der Waals surface area contributed by atoms with Crippen molar-refractivity contribution in [3.05, 3.63) is 17.7 Å². The summed E-state index contributed by atoms with van der Waals surface area (Å²) in [5.74, 6) is 3.37. The second kappa shape index (κ2) is 6.66. The fourth-order valence-electron chi connectivity index (χ4n) is 6.38. The third-order valence-electron chi connectivity index (χ3n) is 7.31. The van der Waals surface area contributed by atoms with E-state index >= 15 is 0 Å². The quantitative estimate of drug-likeness (QED) is 0.796. The molecule has 0 radical (unpaired) electrons. The van der Waals surface area contributed by atoms with E-state index in [1.54, 1.807) is 26.2 Å². The Morgan fingerprint density at radius 1 is 1.00 bits per heavy atom. The van der Waals surface area contributed by atoms with Gasteiger partial charge in [-0.15, -0.1) is 0 Å². The molecule has 27 heavy (non-hydrogen) atoms. The maximum Gasteiger partial charge on any atom is 0.241 e. The van der Waals surface area contributed by atoms with Crippen LogP contribution in [0.4, 0.5) is 0 Å². The molecule has 0 spiro atoms. The minimum Gasteiger partial charge on any atom is -0.493 e. The molecule has 1 atom stereocenters. The Morgan fingerprint density at radius 2 is 1.48 bits per heavy atom. The Kier molecular flexibility index (Phi) is 4.70. The summed E-state index contributed by atoms with van der Waals surface area (Å²) in [6.45, 7) is 3.87. The Labute approximate surface area is 162 Å². The number of rotatable bonds is 6. The first-order valence-corrected chi connectivity index (χ1v) is 11.5. The van der Waals surface area contributed by atoms with Gasteiger partial charge in [-0.2, -0.15) is 0 Å². The first-order valence-electron chi connectivity index (χ1n) is 10.0. The van der Waals surface area contributed by atoms with Crippen LogP contribution in [-0.4, -0.2) is 28.7 Å². The molecule has 1 N–H and O–H groups in total. The average molecular weight is 394 g/mol. The third kappa shape index (κ3) is 3.25. The van der Waals surface area contributed by atoms with E-state index in [1.165, 1.54) is 45.6 Å². The van der Waals surface area contributed by atoms with Gasteiger partial charge in [-0.25, -0.2) is 13.1 Å². The number of aryl methyl sites for hydroxylation is 1. The standard InChI is InChI=1S/C21H31NO4S/c1-13-5-18(25-3)19(26-4)9-20(13)27(23,24)22-14(2)21-10-15-6-16(11-21)8-17(7-15)12-21/h5,9,14-17,22H,6-8,10-12H2,1-4H3. The number of hydrogen-bond acceptors (Lipinski definition) is 4. The van der Waals surface area contributed by atoms with Gasteiger partial charge < -0.3 is 9.47 Å². The molecule has 1 aromatic rings. The van der Waals surface area contributed by atoms with Crippen molar-refractivity contribution in [1.29, 1.82) is 0 Å². The van der Waals surface area contributed by atoms with Crippen molar-refractivity contribution >= 4 is 10.0 Å². The van der Waals surface area contributed by atoms with Crippen LogP contribution in [0.5, 0.6) is 11.5 Å². The molecule has 0 aliphatic heterocycles. The Bertz CT molecular complexity index is 798. The van der Waals surface area contributed by atoms with E-state index in [1.807, 2.05) is 0 Å². The monoisotopic (exact) mass is 393 g/mol. The van der Waals surface area contributed by atoms with Crippen molar-refractivity contribution in [2.75, 3.05) is 14.2 Å². The summed E-state index contributed by atoms with van der Waals surface area (Å²) in [6.07, 6.45) is 7.59. The molecule has 4 aliphatic carbocycles. The van der Waals surface area contributed by atoms with Gasteiger partial charge in [-0.05, 0) is 87.2 Å². The molecule has 5 rings (SSSR count). The summed E-state index contributed by atoms with van der Waals surface area (Å²) in [4.78, 5) is 0.275. The fourth-order valence-corrected chi connectivity index (χ4v) is 7.97. The molecule has 0 heterocycles. The summed E-state index contributed by atoms with van der Waals surface area (Å²) < 4.78 is 40.1. The zero-order valence-electron chi connectivity index (χ0n) is 16.7. The molecule has 6 heteroatoms. The van der Waals surface area contributed by atoms with Crippen molar-refractivity contribution in [3.8, 4) is 11.5 Å². The van der Waals surface area contributed by atoms with Crippen LogP contribution in [0.15, 0.2) is 17.0 Å². The van der Waals surface area contributed by atoms with Crippen LogP contribution >= 0.6 is 0 Å². The van der Waals surface area contributed by atoms with Crippen molar-refractivity contribution in [2.24, 2.45) is 23.2 Å². The zero-order valence-corrected chi connectivity index (χ0v) is 17.6. The molecule has 1 unspecified atom stereocenters. The molecule has 0 amide bonds. The molecule has 1 aromatic carbocycles. The van der Waals surface area contributed by atoms with Crippen LogP contribution in [0.3, 0.4) is 0 Å². The van der Waals surface area contributed by atoms with Crippen LogP contribution < -0.4 is 14.2 Å². The van der Waals surface area contributed by atoms with Gasteiger partial charge in [0.15, 0.2) is 11.5 Å². The third-order valence-corrected chi connectivity index (χ3v) is 8.99. The molecule has 0 aromatic heterocycles. The summed E-state index contributed by atoms with van der Waals surface area (Å²) in [7, 11) is -0.550. The zero-order chi connectivity index (χ0) is 19.4. The first kappa shape index (κ1) is 19.1. The van der Waals surface area contributed by atoms with E-state index in [9.17, 15) is 8.42 Å². The number of ether oxygens (including phenoxy) is 2. The average Bonchev–Trinajstić information content (AvgIpc) is 2.59. The summed E-state index contributed by atoms with van der Waals surface area (Å²) in [5.41, 5.74) is 0.796. The highest BCUT2D eigenvalue weighted by Gasteiger charge is 2.53. The van der Waals surface area contributed by atoms with Gasteiger partial charge in [-0.3, -0.25) is 0 Å². The minimum atomic E-state index is -3.63. The van der Waals surface area contributed by atoms with Crippen LogP contribution in [0, 0.1) is 30.1 Å². The van der Waals surface area contributed by atoms with Crippen LogP contribution in [-0.2, 0) is 10.0 Å². The van der Waals surface area contributed by atoms with E-state index in [0.29, 0.717) is 17.1 Å². The number of sulfonamides is 1. The van der Waals surface area contributed by atoms with E-state index in [0.717, 1.165) is 17.8 Å².